The molecule has 0 unspecified atom stereocenters. The monoisotopic (exact) mass is 414 g/mol. The lowest BCUT2D eigenvalue weighted by Gasteiger charge is -2.09. The van der Waals surface area contributed by atoms with Gasteiger partial charge in [0.1, 0.15) is 23.9 Å². The molecule has 0 spiro atoms. The minimum Gasteiger partial charge on any atom is -0.489 e. The number of fused-ring (bicyclic) bond motifs is 1. The van der Waals surface area contributed by atoms with Crippen molar-refractivity contribution in [3.8, 4) is 11.5 Å². The van der Waals surface area contributed by atoms with Crippen LogP contribution in [0.3, 0.4) is 0 Å². The predicted octanol–water partition coefficient (Wildman–Crippen LogP) is 6.33. The topological polar surface area (TPSA) is 35.5 Å². The Hall–Kier alpha value is -2.82. The lowest BCUT2D eigenvalue weighted by Crippen LogP contribution is -1.98. The summed E-state index contributed by atoms with van der Waals surface area (Å²) in [5.74, 6) is 0.427. The molecule has 0 aromatic heterocycles. The molecule has 0 radical (unpaired) electrons. The Kier molecular flexibility index (Phi) is 5.07. The van der Waals surface area contributed by atoms with Crippen molar-refractivity contribution in [1.82, 2.24) is 0 Å². The Bertz CT molecular complexity index is 1110. The summed E-state index contributed by atoms with van der Waals surface area (Å²) in [6, 6.07) is 16.1. The van der Waals surface area contributed by atoms with Crippen LogP contribution in [0.5, 0.6) is 11.5 Å². The van der Waals surface area contributed by atoms with Gasteiger partial charge in [0.05, 0.1) is 5.56 Å². The van der Waals surface area contributed by atoms with Crippen LogP contribution in [0.4, 0.5) is 4.39 Å². The Balaban J connectivity index is 1.52. The molecule has 0 aliphatic carbocycles. The van der Waals surface area contributed by atoms with Crippen LogP contribution >= 0.6 is 23.2 Å². The molecule has 6 heteroatoms. The number of carbonyl (C=O) groups is 1. The van der Waals surface area contributed by atoms with Crippen LogP contribution in [-0.2, 0) is 6.61 Å². The molecule has 0 atom stereocenters. The molecular formula is C22H13Cl2FO3. The summed E-state index contributed by atoms with van der Waals surface area (Å²) < 4.78 is 24.8. The first-order valence-electron chi connectivity index (χ1n) is 8.40. The summed E-state index contributed by atoms with van der Waals surface area (Å²) >= 11 is 12.0. The molecule has 0 fully saturated rings. The van der Waals surface area contributed by atoms with E-state index in [0.29, 0.717) is 32.7 Å². The Morgan fingerprint density at radius 2 is 1.89 bits per heavy atom. The molecule has 0 amide bonds. The Labute approximate surface area is 170 Å². The second-order valence-electron chi connectivity index (χ2n) is 6.18. The second-order valence-corrected chi connectivity index (χ2v) is 7.02. The van der Waals surface area contributed by atoms with Crippen molar-refractivity contribution in [2.45, 2.75) is 6.61 Å². The number of ketones is 1. The van der Waals surface area contributed by atoms with Gasteiger partial charge in [-0.15, -0.1) is 0 Å². The highest BCUT2D eigenvalue weighted by Gasteiger charge is 2.27. The van der Waals surface area contributed by atoms with Gasteiger partial charge < -0.3 is 9.47 Å². The molecule has 3 aromatic carbocycles. The summed E-state index contributed by atoms with van der Waals surface area (Å²) in [6.07, 6.45) is 1.51. The van der Waals surface area contributed by atoms with E-state index < -0.39 is 0 Å². The molecule has 3 aromatic rings. The average Bonchev–Trinajstić information content (AvgIpc) is 2.96. The van der Waals surface area contributed by atoms with Crippen LogP contribution in [-0.4, -0.2) is 5.78 Å². The third kappa shape index (κ3) is 3.88. The van der Waals surface area contributed by atoms with E-state index in [1.807, 2.05) is 0 Å². The molecule has 140 valence electrons. The minimum atomic E-state index is -0.381. The zero-order valence-corrected chi connectivity index (χ0v) is 15.9. The lowest BCUT2D eigenvalue weighted by atomic mass is 10.1. The van der Waals surface area contributed by atoms with Crippen LogP contribution in [0.2, 0.25) is 10.0 Å². The van der Waals surface area contributed by atoms with Crippen LogP contribution in [0.1, 0.15) is 21.5 Å². The Morgan fingerprint density at radius 1 is 1.04 bits per heavy atom. The fourth-order valence-corrected chi connectivity index (χ4v) is 3.27. The maximum absolute atomic E-state index is 13.3. The smallest absolute Gasteiger partial charge is 0.231 e. The largest absolute Gasteiger partial charge is 0.489 e. The maximum Gasteiger partial charge on any atom is 0.231 e. The van der Waals surface area contributed by atoms with Gasteiger partial charge >= 0.3 is 0 Å². The van der Waals surface area contributed by atoms with E-state index >= 15 is 0 Å². The van der Waals surface area contributed by atoms with Crippen molar-refractivity contribution >= 4 is 35.1 Å². The summed E-state index contributed by atoms with van der Waals surface area (Å²) in [5.41, 5.74) is 1.76. The number of benzene rings is 3. The Morgan fingerprint density at radius 3 is 2.68 bits per heavy atom. The molecule has 0 saturated carbocycles. The van der Waals surface area contributed by atoms with Gasteiger partial charge in [-0.05, 0) is 48.0 Å². The van der Waals surface area contributed by atoms with E-state index in [4.69, 9.17) is 32.7 Å². The SMILES string of the molecule is O=C1/C(=C/c2cccc(F)c2)Oc2cc(OCc3ccc(Cl)cc3Cl)ccc21. The first-order chi connectivity index (χ1) is 13.5. The first-order valence-corrected chi connectivity index (χ1v) is 9.16. The summed E-state index contributed by atoms with van der Waals surface area (Å²) in [6.45, 7) is 0.245. The van der Waals surface area contributed by atoms with E-state index in [-0.39, 0.29) is 24.0 Å². The number of hydrogen-bond donors (Lipinski definition) is 0. The van der Waals surface area contributed by atoms with Crippen molar-refractivity contribution in [2.24, 2.45) is 0 Å². The standard InChI is InChI=1S/C22H13Cl2FO3/c23-15-5-4-14(19(24)10-15)12-27-17-6-7-18-20(11-17)28-21(22(18)26)9-13-2-1-3-16(25)8-13/h1-11H,12H2/b21-9-. The summed E-state index contributed by atoms with van der Waals surface area (Å²) in [5, 5.41) is 1.07. The van der Waals surface area contributed by atoms with Crippen LogP contribution in [0.25, 0.3) is 6.08 Å². The van der Waals surface area contributed by atoms with Crippen LogP contribution in [0, 0.1) is 5.82 Å². The summed E-state index contributed by atoms with van der Waals surface area (Å²) in [7, 11) is 0. The number of Topliss-reactive ketones (excluding diaryl/α,β-unsaturated/α-hetero) is 1. The molecular weight excluding hydrogens is 402 g/mol. The van der Waals surface area contributed by atoms with Gasteiger partial charge in [0.25, 0.3) is 0 Å². The van der Waals surface area contributed by atoms with E-state index in [1.165, 1.54) is 18.2 Å². The number of rotatable bonds is 4. The molecule has 1 heterocycles. The molecule has 3 nitrogen and oxygen atoms in total. The summed E-state index contributed by atoms with van der Waals surface area (Å²) in [4.78, 5) is 12.5. The zero-order chi connectivity index (χ0) is 19.7. The molecule has 1 aliphatic heterocycles. The third-order valence-corrected chi connectivity index (χ3v) is 4.78. The van der Waals surface area contributed by atoms with E-state index in [0.717, 1.165) is 5.56 Å². The highest BCUT2D eigenvalue weighted by Crippen LogP contribution is 2.35. The van der Waals surface area contributed by atoms with Crippen molar-refractivity contribution in [2.75, 3.05) is 0 Å². The number of carbonyl (C=O) groups excluding carboxylic acids is 1. The van der Waals surface area contributed by atoms with Crippen molar-refractivity contribution in [3.63, 3.8) is 0 Å². The molecule has 4 rings (SSSR count). The van der Waals surface area contributed by atoms with E-state index in [9.17, 15) is 9.18 Å². The van der Waals surface area contributed by atoms with Gasteiger partial charge in [-0.1, -0.05) is 41.4 Å². The molecule has 28 heavy (non-hydrogen) atoms. The van der Waals surface area contributed by atoms with E-state index in [2.05, 4.69) is 0 Å². The van der Waals surface area contributed by atoms with Gasteiger partial charge in [-0.3, -0.25) is 4.79 Å². The minimum absolute atomic E-state index is 0.137. The van der Waals surface area contributed by atoms with Gasteiger partial charge in [0.15, 0.2) is 5.76 Å². The third-order valence-electron chi connectivity index (χ3n) is 4.20. The van der Waals surface area contributed by atoms with Crippen LogP contribution < -0.4 is 9.47 Å². The molecule has 0 bridgehead atoms. The molecule has 1 aliphatic rings. The maximum atomic E-state index is 13.3. The van der Waals surface area contributed by atoms with Gasteiger partial charge in [-0.25, -0.2) is 4.39 Å². The predicted molar refractivity (Wildman–Crippen MR) is 107 cm³/mol. The fourth-order valence-electron chi connectivity index (χ4n) is 2.80. The lowest BCUT2D eigenvalue weighted by molar-refractivity contribution is 0.101. The van der Waals surface area contributed by atoms with Crippen molar-refractivity contribution in [1.29, 1.82) is 0 Å². The zero-order valence-electron chi connectivity index (χ0n) is 14.4. The van der Waals surface area contributed by atoms with E-state index in [1.54, 1.807) is 48.5 Å². The van der Waals surface area contributed by atoms with Crippen molar-refractivity contribution < 1.29 is 18.7 Å². The molecule has 0 saturated heterocycles. The number of hydrogen-bond acceptors (Lipinski definition) is 3. The van der Waals surface area contributed by atoms with Crippen molar-refractivity contribution in [3.05, 3.63) is 99.0 Å². The van der Waals surface area contributed by atoms with Crippen LogP contribution in [0.15, 0.2) is 66.4 Å². The fraction of sp³-hybridized carbons (Fsp3) is 0.0455. The van der Waals surface area contributed by atoms with Gasteiger partial charge in [0.2, 0.25) is 5.78 Å². The number of halogens is 3. The highest BCUT2D eigenvalue weighted by atomic mass is 35.5. The normalized spacial score (nSPS) is 14.1. The number of ether oxygens (including phenoxy) is 2. The van der Waals surface area contributed by atoms with Gasteiger partial charge in [0, 0.05) is 21.7 Å². The first kappa shape index (κ1) is 18.5. The highest BCUT2D eigenvalue weighted by molar-refractivity contribution is 6.35. The van der Waals surface area contributed by atoms with Gasteiger partial charge in [-0.2, -0.15) is 0 Å². The average molecular weight is 415 g/mol. The number of allylic oxidation sites excluding steroid dienone is 1. The molecule has 0 N–H and O–H groups in total. The second kappa shape index (κ2) is 7.66. The quantitative estimate of drug-likeness (QED) is 0.468.